The van der Waals surface area contributed by atoms with E-state index in [1.54, 1.807) is 17.0 Å². The van der Waals surface area contributed by atoms with E-state index in [-0.39, 0.29) is 23.5 Å². The van der Waals surface area contributed by atoms with Crippen LogP contribution < -0.4 is 10.2 Å². The highest BCUT2D eigenvalue weighted by molar-refractivity contribution is 6.33. The molecule has 3 rings (SSSR count). The number of benzene rings is 1. The highest BCUT2D eigenvalue weighted by Gasteiger charge is 2.31. The number of furan rings is 1. The molecule has 0 spiro atoms. The predicted molar refractivity (Wildman–Crippen MR) is 105 cm³/mol. The van der Waals surface area contributed by atoms with Gasteiger partial charge in [-0.15, -0.1) is 0 Å². The minimum atomic E-state index is -0.588. The first kappa shape index (κ1) is 19.3. The van der Waals surface area contributed by atoms with Crippen LogP contribution in [0.5, 0.6) is 0 Å². The Labute approximate surface area is 164 Å². The molecular formula is C20H24ClN3O3. The summed E-state index contributed by atoms with van der Waals surface area (Å²) in [6.07, 6.45) is 1.44. The average molecular weight is 390 g/mol. The van der Waals surface area contributed by atoms with Gasteiger partial charge in [0.25, 0.3) is 5.91 Å². The van der Waals surface area contributed by atoms with Crippen molar-refractivity contribution >= 4 is 29.1 Å². The van der Waals surface area contributed by atoms with Crippen LogP contribution in [0.15, 0.2) is 47.1 Å². The number of carbonyl (C=O) groups excluding carboxylic acids is 2. The van der Waals surface area contributed by atoms with Crippen molar-refractivity contribution in [2.45, 2.75) is 19.9 Å². The second kappa shape index (κ2) is 8.48. The largest absolute Gasteiger partial charge is 0.459 e. The highest BCUT2D eigenvalue weighted by Crippen LogP contribution is 2.26. The zero-order valence-electron chi connectivity index (χ0n) is 15.5. The molecule has 0 radical (unpaired) electrons. The van der Waals surface area contributed by atoms with Gasteiger partial charge in [0.2, 0.25) is 5.91 Å². The first-order valence-corrected chi connectivity index (χ1v) is 9.48. The number of rotatable bonds is 5. The van der Waals surface area contributed by atoms with Crippen molar-refractivity contribution in [1.29, 1.82) is 0 Å². The molecule has 1 aliphatic rings. The van der Waals surface area contributed by atoms with Gasteiger partial charge in [-0.1, -0.05) is 37.6 Å². The van der Waals surface area contributed by atoms with E-state index in [0.29, 0.717) is 31.2 Å². The summed E-state index contributed by atoms with van der Waals surface area (Å²) in [6, 6.07) is 10.4. The van der Waals surface area contributed by atoms with Gasteiger partial charge in [0.05, 0.1) is 17.0 Å². The number of piperazine rings is 1. The number of nitrogens with zero attached hydrogens (tertiary/aromatic N) is 2. The van der Waals surface area contributed by atoms with Crippen molar-refractivity contribution in [2.24, 2.45) is 5.92 Å². The van der Waals surface area contributed by atoms with E-state index in [9.17, 15) is 9.59 Å². The molecule has 1 aromatic carbocycles. The molecule has 1 fully saturated rings. The van der Waals surface area contributed by atoms with Gasteiger partial charge < -0.3 is 19.5 Å². The molecule has 0 bridgehead atoms. The van der Waals surface area contributed by atoms with Gasteiger partial charge in [-0.05, 0) is 30.2 Å². The third-order valence-electron chi connectivity index (χ3n) is 4.75. The number of halogens is 1. The maximum absolute atomic E-state index is 13.0. The topological polar surface area (TPSA) is 65.8 Å². The highest BCUT2D eigenvalue weighted by atomic mass is 35.5. The molecule has 27 heavy (non-hydrogen) atoms. The number of hydrogen-bond donors (Lipinski definition) is 1. The molecule has 1 aromatic heterocycles. The SMILES string of the molecule is CC(C)[C@H](NC(=O)c1ccco1)C(=O)N1CCN(c2ccccc2Cl)CC1. The Bertz CT molecular complexity index is 784. The Morgan fingerprint density at radius 2 is 1.78 bits per heavy atom. The molecule has 2 aromatic rings. The summed E-state index contributed by atoms with van der Waals surface area (Å²) in [7, 11) is 0. The molecule has 1 atom stereocenters. The standard InChI is InChI=1S/C20H24ClN3O3/c1-14(2)18(22-19(25)17-8-5-13-27-17)20(26)24-11-9-23(10-12-24)16-7-4-3-6-15(16)21/h3-8,13-14,18H,9-12H2,1-2H3,(H,22,25)/t18-/m0/s1. The Balaban J connectivity index is 1.62. The van der Waals surface area contributed by atoms with Crippen molar-refractivity contribution in [3.05, 3.63) is 53.4 Å². The maximum atomic E-state index is 13.0. The molecule has 2 heterocycles. The summed E-state index contributed by atoms with van der Waals surface area (Å²) in [5, 5.41) is 3.52. The number of carbonyl (C=O) groups is 2. The molecule has 6 nitrogen and oxygen atoms in total. The molecular weight excluding hydrogens is 366 g/mol. The Kier molecular flexibility index (Phi) is 6.06. The van der Waals surface area contributed by atoms with Crippen LogP contribution in [-0.4, -0.2) is 48.9 Å². The zero-order chi connectivity index (χ0) is 19.4. The fourth-order valence-corrected chi connectivity index (χ4v) is 3.46. The van der Waals surface area contributed by atoms with E-state index in [4.69, 9.17) is 16.0 Å². The van der Waals surface area contributed by atoms with Crippen molar-refractivity contribution in [2.75, 3.05) is 31.1 Å². The fraction of sp³-hybridized carbons (Fsp3) is 0.400. The van der Waals surface area contributed by atoms with Gasteiger partial charge in [-0.2, -0.15) is 0 Å². The second-order valence-corrected chi connectivity index (χ2v) is 7.34. The van der Waals surface area contributed by atoms with E-state index in [0.717, 1.165) is 5.69 Å². The van der Waals surface area contributed by atoms with E-state index in [1.807, 2.05) is 38.1 Å². The lowest BCUT2D eigenvalue weighted by Crippen LogP contribution is -2.56. The number of amides is 2. The van der Waals surface area contributed by atoms with Crippen LogP contribution in [0.2, 0.25) is 5.02 Å². The Hall–Kier alpha value is -2.47. The summed E-state index contributed by atoms with van der Waals surface area (Å²) in [5.41, 5.74) is 0.984. The van der Waals surface area contributed by atoms with Crippen molar-refractivity contribution in [3.63, 3.8) is 0 Å². The van der Waals surface area contributed by atoms with E-state index < -0.39 is 6.04 Å². The minimum Gasteiger partial charge on any atom is -0.459 e. The average Bonchev–Trinajstić information content (AvgIpc) is 3.21. The van der Waals surface area contributed by atoms with Crippen molar-refractivity contribution < 1.29 is 14.0 Å². The van der Waals surface area contributed by atoms with Crippen LogP contribution in [-0.2, 0) is 4.79 Å². The van der Waals surface area contributed by atoms with Crippen LogP contribution in [0.4, 0.5) is 5.69 Å². The zero-order valence-corrected chi connectivity index (χ0v) is 16.3. The minimum absolute atomic E-state index is 0.0296. The molecule has 2 amide bonds. The van der Waals surface area contributed by atoms with Gasteiger partial charge in [0, 0.05) is 26.2 Å². The van der Waals surface area contributed by atoms with E-state index in [2.05, 4.69) is 10.2 Å². The maximum Gasteiger partial charge on any atom is 0.287 e. The molecule has 144 valence electrons. The molecule has 7 heteroatoms. The third kappa shape index (κ3) is 4.45. The van der Waals surface area contributed by atoms with Gasteiger partial charge in [-0.25, -0.2) is 0 Å². The van der Waals surface area contributed by atoms with Crippen LogP contribution in [0.1, 0.15) is 24.4 Å². The van der Waals surface area contributed by atoms with E-state index in [1.165, 1.54) is 6.26 Å². The van der Waals surface area contributed by atoms with Crippen LogP contribution in [0.3, 0.4) is 0 Å². The first-order chi connectivity index (χ1) is 13.0. The van der Waals surface area contributed by atoms with Crippen LogP contribution in [0, 0.1) is 5.92 Å². The van der Waals surface area contributed by atoms with Crippen LogP contribution in [0.25, 0.3) is 0 Å². The van der Waals surface area contributed by atoms with Gasteiger partial charge >= 0.3 is 0 Å². The summed E-state index contributed by atoms with van der Waals surface area (Å²) in [5.74, 6) is -0.263. The molecule has 1 aliphatic heterocycles. The second-order valence-electron chi connectivity index (χ2n) is 6.94. The number of anilines is 1. The van der Waals surface area contributed by atoms with Gasteiger partial charge in [-0.3, -0.25) is 9.59 Å². The van der Waals surface area contributed by atoms with Gasteiger partial charge in [0.15, 0.2) is 5.76 Å². The predicted octanol–water partition coefficient (Wildman–Crippen LogP) is 3.04. The monoisotopic (exact) mass is 389 g/mol. The number of nitrogens with one attached hydrogen (secondary N) is 1. The third-order valence-corrected chi connectivity index (χ3v) is 5.07. The van der Waals surface area contributed by atoms with Crippen molar-refractivity contribution in [1.82, 2.24) is 10.2 Å². The molecule has 1 saturated heterocycles. The lowest BCUT2D eigenvalue weighted by atomic mass is 10.0. The normalized spacial score (nSPS) is 15.7. The lowest BCUT2D eigenvalue weighted by molar-refractivity contribution is -0.134. The Morgan fingerprint density at radius 1 is 1.07 bits per heavy atom. The molecule has 0 unspecified atom stereocenters. The number of hydrogen-bond acceptors (Lipinski definition) is 4. The van der Waals surface area contributed by atoms with Crippen LogP contribution >= 0.6 is 11.6 Å². The molecule has 0 saturated carbocycles. The van der Waals surface area contributed by atoms with Crippen molar-refractivity contribution in [3.8, 4) is 0 Å². The summed E-state index contributed by atoms with van der Waals surface area (Å²) < 4.78 is 5.12. The fourth-order valence-electron chi connectivity index (χ4n) is 3.21. The summed E-state index contributed by atoms with van der Waals surface area (Å²) in [4.78, 5) is 29.3. The summed E-state index contributed by atoms with van der Waals surface area (Å²) in [6.45, 7) is 6.42. The Morgan fingerprint density at radius 3 is 2.37 bits per heavy atom. The molecule has 1 N–H and O–H groups in total. The van der Waals surface area contributed by atoms with E-state index >= 15 is 0 Å². The smallest absolute Gasteiger partial charge is 0.287 e. The summed E-state index contributed by atoms with van der Waals surface area (Å²) >= 11 is 6.28. The lowest BCUT2D eigenvalue weighted by Gasteiger charge is -2.38. The van der Waals surface area contributed by atoms with Gasteiger partial charge in [0.1, 0.15) is 6.04 Å². The number of para-hydroxylation sites is 1. The first-order valence-electron chi connectivity index (χ1n) is 9.10. The molecule has 0 aliphatic carbocycles. The quantitative estimate of drug-likeness (QED) is 0.853.